The SMILES string of the molecule is CCC(C)NC(=O)/C(=C/c1ccccc1)c1ccccc1. The molecule has 0 heterocycles. The van der Waals surface area contributed by atoms with E-state index in [2.05, 4.69) is 12.2 Å². The molecule has 0 aliphatic carbocycles. The molecule has 0 bridgehead atoms. The maximum absolute atomic E-state index is 12.5. The number of hydrogen-bond donors (Lipinski definition) is 1. The standard InChI is InChI=1S/C19H21NO/c1-3-15(2)20-19(21)18(17-12-8-5-9-13-17)14-16-10-6-4-7-11-16/h4-15H,3H2,1-2H3,(H,20,21)/b18-14+. The third-order valence-electron chi connectivity index (χ3n) is 3.43. The average molecular weight is 279 g/mol. The second-order valence-corrected chi connectivity index (χ2v) is 5.12. The minimum absolute atomic E-state index is 0.0283. The zero-order chi connectivity index (χ0) is 15.1. The first kappa shape index (κ1) is 15.0. The van der Waals surface area contributed by atoms with Crippen molar-refractivity contribution in [1.29, 1.82) is 0 Å². The van der Waals surface area contributed by atoms with E-state index in [0.717, 1.165) is 17.5 Å². The molecule has 0 fully saturated rings. The van der Waals surface area contributed by atoms with Crippen LogP contribution in [0.3, 0.4) is 0 Å². The van der Waals surface area contributed by atoms with E-state index in [1.165, 1.54) is 0 Å². The van der Waals surface area contributed by atoms with Crippen LogP contribution in [-0.2, 0) is 4.79 Å². The molecule has 1 N–H and O–H groups in total. The first-order valence-corrected chi connectivity index (χ1v) is 7.33. The number of benzene rings is 2. The second kappa shape index (κ2) is 7.44. The number of carbonyl (C=O) groups is 1. The summed E-state index contributed by atoms with van der Waals surface area (Å²) in [5.74, 6) is -0.0283. The Balaban J connectivity index is 2.36. The molecular formula is C19H21NO. The van der Waals surface area contributed by atoms with Gasteiger partial charge in [0, 0.05) is 11.6 Å². The molecule has 2 heteroatoms. The summed E-state index contributed by atoms with van der Waals surface area (Å²) in [7, 11) is 0. The van der Waals surface area contributed by atoms with Gasteiger partial charge in [0.05, 0.1) is 0 Å². The molecule has 2 aromatic rings. The summed E-state index contributed by atoms with van der Waals surface area (Å²) in [5.41, 5.74) is 2.65. The molecule has 1 amide bonds. The maximum Gasteiger partial charge on any atom is 0.252 e. The van der Waals surface area contributed by atoms with Gasteiger partial charge < -0.3 is 5.32 Å². The van der Waals surface area contributed by atoms with Crippen molar-refractivity contribution in [2.45, 2.75) is 26.3 Å². The van der Waals surface area contributed by atoms with E-state index >= 15 is 0 Å². The Morgan fingerprint density at radius 2 is 1.62 bits per heavy atom. The molecule has 1 unspecified atom stereocenters. The predicted molar refractivity (Wildman–Crippen MR) is 88.7 cm³/mol. The van der Waals surface area contributed by atoms with E-state index in [1.807, 2.05) is 73.7 Å². The fraction of sp³-hybridized carbons (Fsp3) is 0.211. The van der Waals surface area contributed by atoms with Crippen LogP contribution >= 0.6 is 0 Å². The van der Waals surface area contributed by atoms with Crippen molar-refractivity contribution in [2.75, 3.05) is 0 Å². The lowest BCUT2D eigenvalue weighted by Gasteiger charge is -2.14. The van der Waals surface area contributed by atoms with Crippen LogP contribution in [0.15, 0.2) is 60.7 Å². The molecular weight excluding hydrogens is 258 g/mol. The zero-order valence-electron chi connectivity index (χ0n) is 12.5. The minimum Gasteiger partial charge on any atom is -0.350 e. The van der Waals surface area contributed by atoms with E-state index in [9.17, 15) is 4.79 Å². The monoisotopic (exact) mass is 279 g/mol. The van der Waals surface area contributed by atoms with Crippen LogP contribution in [0.2, 0.25) is 0 Å². The molecule has 108 valence electrons. The molecule has 2 rings (SSSR count). The molecule has 1 atom stereocenters. The van der Waals surface area contributed by atoms with Crippen molar-refractivity contribution >= 4 is 17.6 Å². The number of nitrogens with one attached hydrogen (secondary N) is 1. The number of carbonyl (C=O) groups excluding carboxylic acids is 1. The smallest absolute Gasteiger partial charge is 0.252 e. The maximum atomic E-state index is 12.5. The fourth-order valence-corrected chi connectivity index (χ4v) is 2.02. The van der Waals surface area contributed by atoms with Crippen molar-refractivity contribution < 1.29 is 4.79 Å². The van der Waals surface area contributed by atoms with E-state index in [0.29, 0.717) is 5.57 Å². The molecule has 0 aromatic heterocycles. The van der Waals surface area contributed by atoms with Gasteiger partial charge in [0.25, 0.3) is 5.91 Å². The van der Waals surface area contributed by atoms with Crippen LogP contribution in [0, 0.1) is 0 Å². The predicted octanol–water partition coefficient (Wildman–Crippen LogP) is 4.14. The molecule has 0 saturated carbocycles. The minimum atomic E-state index is -0.0283. The summed E-state index contributed by atoms with van der Waals surface area (Å²) in [6, 6.07) is 19.9. The lowest BCUT2D eigenvalue weighted by atomic mass is 10.0. The van der Waals surface area contributed by atoms with Gasteiger partial charge in [-0.2, -0.15) is 0 Å². The Kier molecular flexibility index (Phi) is 5.33. The fourth-order valence-electron chi connectivity index (χ4n) is 2.02. The largest absolute Gasteiger partial charge is 0.350 e. The van der Waals surface area contributed by atoms with Crippen LogP contribution in [0.1, 0.15) is 31.4 Å². The van der Waals surface area contributed by atoms with Crippen LogP contribution < -0.4 is 5.32 Å². The van der Waals surface area contributed by atoms with E-state index < -0.39 is 0 Å². The van der Waals surface area contributed by atoms with Gasteiger partial charge in [-0.3, -0.25) is 4.79 Å². The molecule has 0 radical (unpaired) electrons. The lowest BCUT2D eigenvalue weighted by Crippen LogP contribution is -2.32. The Labute approximate surface area is 126 Å². The Morgan fingerprint density at radius 3 is 2.19 bits per heavy atom. The molecule has 0 spiro atoms. The van der Waals surface area contributed by atoms with Gasteiger partial charge in [-0.15, -0.1) is 0 Å². The summed E-state index contributed by atoms with van der Waals surface area (Å²) >= 11 is 0. The lowest BCUT2D eigenvalue weighted by molar-refractivity contribution is -0.116. The van der Waals surface area contributed by atoms with Crippen molar-refractivity contribution in [3.05, 3.63) is 71.8 Å². The van der Waals surface area contributed by atoms with E-state index in [-0.39, 0.29) is 11.9 Å². The number of hydrogen-bond acceptors (Lipinski definition) is 1. The highest BCUT2D eigenvalue weighted by molar-refractivity contribution is 6.24. The van der Waals surface area contributed by atoms with Crippen LogP contribution in [0.5, 0.6) is 0 Å². The van der Waals surface area contributed by atoms with Crippen molar-refractivity contribution in [2.24, 2.45) is 0 Å². The summed E-state index contributed by atoms with van der Waals surface area (Å²) in [6.07, 6.45) is 2.85. The van der Waals surface area contributed by atoms with Gasteiger partial charge in [-0.05, 0) is 30.5 Å². The first-order chi connectivity index (χ1) is 10.2. The molecule has 0 aliphatic rings. The van der Waals surface area contributed by atoms with Gasteiger partial charge in [0.2, 0.25) is 0 Å². The average Bonchev–Trinajstić information content (AvgIpc) is 2.54. The Hall–Kier alpha value is -2.35. The summed E-state index contributed by atoms with van der Waals surface area (Å²) in [6.45, 7) is 4.08. The molecule has 2 aromatic carbocycles. The summed E-state index contributed by atoms with van der Waals surface area (Å²) < 4.78 is 0. The van der Waals surface area contributed by atoms with Crippen LogP contribution in [0.4, 0.5) is 0 Å². The quantitative estimate of drug-likeness (QED) is 0.646. The van der Waals surface area contributed by atoms with Crippen molar-refractivity contribution in [3.8, 4) is 0 Å². The number of rotatable bonds is 5. The van der Waals surface area contributed by atoms with Crippen molar-refractivity contribution in [1.82, 2.24) is 5.32 Å². The first-order valence-electron chi connectivity index (χ1n) is 7.33. The molecule has 0 saturated heterocycles. The van der Waals surface area contributed by atoms with Gasteiger partial charge >= 0.3 is 0 Å². The van der Waals surface area contributed by atoms with Gasteiger partial charge in [-0.1, -0.05) is 67.6 Å². The summed E-state index contributed by atoms with van der Waals surface area (Å²) in [4.78, 5) is 12.5. The summed E-state index contributed by atoms with van der Waals surface area (Å²) in [5, 5.41) is 3.04. The van der Waals surface area contributed by atoms with Gasteiger partial charge in [-0.25, -0.2) is 0 Å². The molecule has 2 nitrogen and oxygen atoms in total. The Morgan fingerprint density at radius 1 is 1.05 bits per heavy atom. The second-order valence-electron chi connectivity index (χ2n) is 5.12. The van der Waals surface area contributed by atoms with Gasteiger partial charge in [0.1, 0.15) is 0 Å². The molecule has 0 aliphatic heterocycles. The highest BCUT2D eigenvalue weighted by Gasteiger charge is 2.13. The van der Waals surface area contributed by atoms with Crippen LogP contribution in [0.25, 0.3) is 11.6 Å². The third-order valence-corrected chi connectivity index (χ3v) is 3.43. The van der Waals surface area contributed by atoms with Crippen molar-refractivity contribution in [3.63, 3.8) is 0 Å². The number of amides is 1. The highest BCUT2D eigenvalue weighted by Crippen LogP contribution is 2.18. The van der Waals surface area contributed by atoms with Gasteiger partial charge in [0.15, 0.2) is 0 Å². The third kappa shape index (κ3) is 4.32. The topological polar surface area (TPSA) is 29.1 Å². The highest BCUT2D eigenvalue weighted by atomic mass is 16.1. The Bertz CT molecular complexity index is 602. The zero-order valence-corrected chi connectivity index (χ0v) is 12.5. The van der Waals surface area contributed by atoms with E-state index in [4.69, 9.17) is 0 Å². The molecule has 21 heavy (non-hydrogen) atoms. The van der Waals surface area contributed by atoms with E-state index in [1.54, 1.807) is 0 Å². The van der Waals surface area contributed by atoms with Crippen LogP contribution in [-0.4, -0.2) is 11.9 Å². The normalized spacial score (nSPS) is 12.8.